The molecule has 3 saturated heterocycles. The number of rotatable bonds is 2. The van der Waals surface area contributed by atoms with E-state index in [1.807, 2.05) is 11.8 Å². The van der Waals surface area contributed by atoms with Gasteiger partial charge in [-0.05, 0) is 19.3 Å². The van der Waals surface area contributed by atoms with Crippen LogP contribution >= 0.6 is 11.8 Å². The third-order valence-corrected chi connectivity index (χ3v) is 5.17. The molecule has 6 heteroatoms. The van der Waals surface area contributed by atoms with Crippen molar-refractivity contribution in [3.05, 3.63) is 11.7 Å². The lowest BCUT2D eigenvalue weighted by Crippen LogP contribution is -2.22. The fourth-order valence-corrected chi connectivity index (χ4v) is 4.10. The predicted molar refractivity (Wildman–Crippen MR) is 67.6 cm³/mol. The molecule has 4 atom stereocenters. The Balaban J connectivity index is 1.51. The van der Waals surface area contributed by atoms with E-state index in [1.165, 1.54) is 12.8 Å². The Morgan fingerprint density at radius 1 is 1.33 bits per heavy atom. The molecule has 3 fully saturated rings. The first-order valence-corrected chi connectivity index (χ1v) is 7.84. The molecule has 3 aliphatic rings. The van der Waals surface area contributed by atoms with E-state index in [0.717, 1.165) is 36.2 Å². The van der Waals surface area contributed by atoms with Crippen molar-refractivity contribution < 1.29 is 9.26 Å². The number of ether oxygens (including phenoxy) is 1. The second-order valence-electron chi connectivity index (χ2n) is 5.31. The Morgan fingerprint density at radius 2 is 2.33 bits per heavy atom. The van der Waals surface area contributed by atoms with Crippen LogP contribution in [0.5, 0.6) is 0 Å². The summed E-state index contributed by atoms with van der Waals surface area (Å²) in [7, 11) is 0. The molecule has 4 rings (SSSR count). The van der Waals surface area contributed by atoms with Gasteiger partial charge in [-0.25, -0.2) is 0 Å². The monoisotopic (exact) mass is 267 g/mol. The Hall–Kier alpha value is -0.590. The maximum atomic E-state index is 5.68. The van der Waals surface area contributed by atoms with Gasteiger partial charge in [0, 0.05) is 23.6 Å². The fraction of sp³-hybridized carbons (Fsp3) is 0.833. The van der Waals surface area contributed by atoms with E-state index in [4.69, 9.17) is 9.26 Å². The molecule has 1 aromatic heterocycles. The molecular formula is C12H17N3O2S. The average molecular weight is 267 g/mol. The third-order valence-electron chi connectivity index (χ3n) is 4.18. The molecule has 0 amide bonds. The van der Waals surface area contributed by atoms with Gasteiger partial charge < -0.3 is 14.6 Å². The summed E-state index contributed by atoms with van der Waals surface area (Å²) in [6.07, 6.45) is 3.70. The van der Waals surface area contributed by atoms with Crippen LogP contribution in [0.25, 0.3) is 0 Å². The molecule has 98 valence electrons. The lowest BCUT2D eigenvalue weighted by Gasteiger charge is -2.19. The van der Waals surface area contributed by atoms with Crippen molar-refractivity contribution in [3.8, 4) is 0 Å². The standard InChI is InChI=1S/C12H17N3O2S/c1-2-9-8(5-7(1)13-9)12-14-11(15-17-12)10-6-18-4-3-16-10/h7-10,13H,1-6H2. The van der Waals surface area contributed by atoms with Crippen LogP contribution in [0.15, 0.2) is 4.52 Å². The van der Waals surface area contributed by atoms with Gasteiger partial charge in [-0.2, -0.15) is 16.7 Å². The van der Waals surface area contributed by atoms with E-state index in [0.29, 0.717) is 18.0 Å². The lowest BCUT2D eigenvalue weighted by atomic mass is 9.89. The molecule has 5 nitrogen and oxygen atoms in total. The van der Waals surface area contributed by atoms with E-state index in [1.54, 1.807) is 0 Å². The number of nitrogens with zero attached hydrogens (tertiary/aromatic N) is 2. The molecule has 0 radical (unpaired) electrons. The molecule has 0 saturated carbocycles. The van der Waals surface area contributed by atoms with E-state index >= 15 is 0 Å². The highest BCUT2D eigenvalue weighted by molar-refractivity contribution is 7.99. The summed E-state index contributed by atoms with van der Waals surface area (Å²) < 4.78 is 11.1. The molecule has 2 bridgehead atoms. The van der Waals surface area contributed by atoms with Gasteiger partial charge in [0.25, 0.3) is 0 Å². The second-order valence-corrected chi connectivity index (χ2v) is 6.46. The zero-order valence-electron chi connectivity index (χ0n) is 10.2. The largest absolute Gasteiger partial charge is 0.368 e. The van der Waals surface area contributed by atoms with Crippen molar-refractivity contribution >= 4 is 11.8 Å². The summed E-state index contributed by atoms with van der Waals surface area (Å²) in [6.45, 7) is 0.787. The van der Waals surface area contributed by atoms with Crippen LogP contribution in [0.1, 0.15) is 43.0 Å². The van der Waals surface area contributed by atoms with Crippen LogP contribution in [0.4, 0.5) is 0 Å². The summed E-state index contributed by atoms with van der Waals surface area (Å²) >= 11 is 1.89. The van der Waals surface area contributed by atoms with Gasteiger partial charge in [-0.3, -0.25) is 0 Å². The lowest BCUT2D eigenvalue weighted by molar-refractivity contribution is 0.0677. The van der Waals surface area contributed by atoms with Crippen LogP contribution in [-0.4, -0.2) is 40.3 Å². The average Bonchev–Trinajstić information content (AvgIpc) is 3.15. The first-order valence-electron chi connectivity index (χ1n) is 6.69. The van der Waals surface area contributed by atoms with E-state index in [2.05, 4.69) is 15.5 Å². The molecule has 0 spiro atoms. The van der Waals surface area contributed by atoms with Crippen molar-refractivity contribution in [1.29, 1.82) is 0 Å². The van der Waals surface area contributed by atoms with Crippen molar-refractivity contribution in [2.75, 3.05) is 18.1 Å². The minimum atomic E-state index is 0.0211. The summed E-state index contributed by atoms with van der Waals surface area (Å²) in [4.78, 5) is 4.58. The quantitative estimate of drug-likeness (QED) is 0.876. The Labute approximate surface area is 110 Å². The third kappa shape index (κ3) is 1.87. The minimum Gasteiger partial charge on any atom is -0.368 e. The first kappa shape index (κ1) is 11.3. The second kappa shape index (κ2) is 4.51. The maximum absolute atomic E-state index is 5.68. The highest BCUT2D eigenvalue weighted by Crippen LogP contribution is 2.39. The summed E-state index contributed by atoms with van der Waals surface area (Å²) in [5.41, 5.74) is 0. The molecule has 1 aromatic rings. The topological polar surface area (TPSA) is 60.2 Å². The first-order chi connectivity index (χ1) is 8.90. The molecule has 4 unspecified atom stereocenters. The van der Waals surface area contributed by atoms with Crippen LogP contribution in [0.2, 0.25) is 0 Å². The van der Waals surface area contributed by atoms with Crippen molar-refractivity contribution in [1.82, 2.24) is 15.5 Å². The Morgan fingerprint density at radius 3 is 3.06 bits per heavy atom. The summed E-state index contributed by atoms with van der Waals surface area (Å²) in [5, 5.41) is 7.72. The highest BCUT2D eigenvalue weighted by atomic mass is 32.2. The van der Waals surface area contributed by atoms with Gasteiger partial charge in [0.15, 0.2) is 0 Å². The number of thioether (sulfide) groups is 1. The number of fused-ring (bicyclic) bond motifs is 2. The Kier molecular flexibility index (Phi) is 2.82. The van der Waals surface area contributed by atoms with Crippen molar-refractivity contribution in [2.45, 2.75) is 43.4 Å². The number of aromatic nitrogens is 2. The number of nitrogens with one attached hydrogen (secondary N) is 1. The molecule has 0 aliphatic carbocycles. The van der Waals surface area contributed by atoms with E-state index < -0.39 is 0 Å². The number of hydrogen-bond acceptors (Lipinski definition) is 6. The van der Waals surface area contributed by atoms with Gasteiger partial charge in [-0.15, -0.1) is 0 Å². The summed E-state index contributed by atoms with van der Waals surface area (Å²) in [5.74, 6) is 3.97. The SMILES string of the molecule is C1CSCC(c2noc(C3CC4CCC3N4)n2)O1. The minimum absolute atomic E-state index is 0.0211. The van der Waals surface area contributed by atoms with E-state index in [9.17, 15) is 0 Å². The molecule has 18 heavy (non-hydrogen) atoms. The normalized spacial score (nSPS) is 39.3. The van der Waals surface area contributed by atoms with Gasteiger partial charge in [0.1, 0.15) is 6.10 Å². The zero-order valence-corrected chi connectivity index (χ0v) is 11.0. The van der Waals surface area contributed by atoms with Crippen molar-refractivity contribution in [3.63, 3.8) is 0 Å². The van der Waals surface area contributed by atoms with Crippen molar-refractivity contribution in [2.24, 2.45) is 0 Å². The molecule has 0 aromatic carbocycles. The van der Waals surface area contributed by atoms with Crippen LogP contribution in [-0.2, 0) is 4.74 Å². The van der Waals surface area contributed by atoms with Gasteiger partial charge in [-0.1, -0.05) is 5.16 Å². The molecule has 4 heterocycles. The zero-order chi connectivity index (χ0) is 11.9. The Bertz CT molecular complexity index is 433. The van der Waals surface area contributed by atoms with Crippen LogP contribution in [0.3, 0.4) is 0 Å². The van der Waals surface area contributed by atoms with Crippen LogP contribution in [0, 0.1) is 0 Å². The molecule has 1 N–H and O–H groups in total. The smallest absolute Gasteiger partial charge is 0.231 e. The maximum Gasteiger partial charge on any atom is 0.231 e. The van der Waals surface area contributed by atoms with Gasteiger partial charge in [0.05, 0.1) is 12.5 Å². The summed E-state index contributed by atoms with van der Waals surface area (Å²) in [6, 6.07) is 1.21. The van der Waals surface area contributed by atoms with Crippen LogP contribution < -0.4 is 5.32 Å². The fourth-order valence-electron chi connectivity index (χ4n) is 3.26. The number of hydrogen-bond donors (Lipinski definition) is 1. The molecular weight excluding hydrogens is 250 g/mol. The highest BCUT2D eigenvalue weighted by Gasteiger charge is 2.42. The van der Waals surface area contributed by atoms with Gasteiger partial charge >= 0.3 is 0 Å². The van der Waals surface area contributed by atoms with Gasteiger partial charge in [0.2, 0.25) is 11.7 Å². The molecule has 3 aliphatic heterocycles. The van der Waals surface area contributed by atoms with E-state index in [-0.39, 0.29) is 6.10 Å². The predicted octanol–water partition coefficient (Wildman–Crippen LogP) is 1.48.